The number of aryl methyl sites for hydroxylation is 1. The number of rotatable bonds is 7. The Hall–Kier alpha value is -2.74. The lowest BCUT2D eigenvalue weighted by atomic mass is 10.2. The average molecular weight is 372 g/mol. The maximum atomic E-state index is 12.3. The number of H-pyrrole nitrogens is 1. The molecule has 8 nitrogen and oxygen atoms in total. The van der Waals surface area contributed by atoms with Crippen LogP contribution in [-0.4, -0.2) is 58.9 Å². The van der Waals surface area contributed by atoms with Gasteiger partial charge in [-0.3, -0.25) is 9.59 Å². The van der Waals surface area contributed by atoms with Crippen LogP contribution in [0.2, 0.25) is 0 Å². The molecule has 1 N–H and O–H groups in total. The normalized spacial score (nSPS) is 14.2. The second kappa shape index (κ2) is 9.27. The van der Waals surface area contributed by atoms with E-state index in [1.165, 1.54) is 0 Å². The maximum Gasteiger partial charge on any atom is 0.273 e. The second-order valence-corrected chi connectivity index (χ2v) is 6.32. The van der Waals surface area contributed by atoms with Crippen LogP contribution in [-0.2, 0) is 16.0 Å². The number of nitrogens with zero attached hydrogens (tertiary/aromatic N) is 3. The first-order chi connectivity index (χ1) is 13.2. The molecule has 8 heteroatoms. The third-order valence-electron chi connectivity index (χ3n) is 4.28. The van der Waals surface area contributed by atoms with Gasteiger partial charge in [-0.05, 0) is 18.6 Å². The molecule has 1 aliphatic rings. The van der Waals surface area contributed by atoms with Gasteiger partial charge < -0.3 is 19.4 Å². The topological polar surface area (TPSA) is 97.4 Å². The van der Waals surface area contributed by atoms with E-state index in [1.807, 2.05) is 31.2 Å². The van der Waals surface area contributed by atoms with E-state index in [0.717, 1.165) is 17.7 Å². The largest absolute Gasteiger partial charge is 0.494 e. The molecule has 1 fully saturated rings. The molecular weight excluding hydrogens is 348 g/mol. The Labute approximate surface area is 157 Å². The summed E-state index contributed by atoms with van der Waals surface area (Å²) in [7, 11) is 0. The highest BCUT2D eigenvalue weighted by Crippen LogP contribution is 2.20. The number of morpholine rings is 1. The molecule has 1 saturated heterocycles. The molecule has 1 aromatic heterocycles. The smallest absolute Gasteiger partial charge is 0.273 e. The van der Waals surface area contributed by atoms with E-state index in [2.05, 4.69) is 15.2 Å². The van der Waals surface area contributed by atoms with Crippen LogP contribution in [0.4, 0.5) is 0 Å². The van der Waals surface area contributed by atoms with Crippen molar-refractivity contribution in [3.8, 4) is 17.1 Å². The molecule has 27 heavy (non-hydrogen) atoms. The number of benzene rings is 1. The standard InChI is InChI=1S/C19H24N4O4/c1-2-10-27-15-5-3-4-14(13-15)18-20-19(25)16(21-22-18)6-7-17(24)23-8-11-26-12-9-23/h3-5,13H,2,6-12H2,1H3,(H,20,22,25). The van der Waals surface area contributed by atoms with Crippen molar-refractivity contribution in [2.45, 2.75) is 26.2 Å². The Bertz CT molecular complexity index is 830. The highest BCUT2D eigenvalue weighted by molar-refractivity contribution is 5.76. The van der Waals surface area contributed by atoms with Crippen LogP contribution in [0.15, 0.2) is 29.1 Å². The fourth-order valence-corrected chi connectivity index (χ4v) is 2.80. The molecule has 2 aromatic rings. The highest BCUT2D eigenvalue weighted by atomic mass is 16.5. The van der Waals surface area contributed by atoms with E-state index >= 15 is 0 Å². The van der Waals surface area contributed by atoms with Gasteiger partial charge in [0.25, 0.3) is 5.56 Å². The SMILES string of the molecule is CCCOc1cccc(-c2nnc(CCC(=O)N3CCOCC3)c(=O)[nH]2)c1. The fourth-order valence-electron chi connectivity index (χ4n) is 2.80. The quantitative estimate of drug-likeness (QED) is 0.789. The number of ether oxygens (including phenoxy) is 2. The van der Waals surface area contributed by atoms with Gasteiger partial charge in [0.15, 0.2) is 5.82 Å². The number of aromatic amines is 1. The van der Waals surface area contributed by atoms with Crippen molar-refractivity contribution < 1.29 is 14.3 Å². The summed E-state index contributed by atoms with van der Waals surface area (Å²) in [5, 5.41) is 8.15. The fraction of sp³-hybridized carbons (Fsp3) is 0.474. The van der Waals surface area contributed by atoms with Gasteiger partial charge >= 0.3 is 0 Å². The predicted octanol–water partition coefficient (Wildman–Crippen LogP) is 1.41. The number of hydrogen-bond acceptors (Lipinski definition) is 6. The first kappa shape index (κ1) is 19.0. The lowest BCUT2D eigenvalue weighted by molar-refractivity contribution is -0.135. The molecule has 0 unspecified atom stereocenters. The summed E-state index contributed by atoms with van der Waals surface area (Å²) in [5.74, 6) is 1.10. The molecule has 144 valence electrons. The summed E-state index contributed by atoms with van der Waals surface area (Å²) in [6.45, 7) is 4.97. The van der Waals surface area contributed by atoms with Gasteiger partial charge in [0.1, 0.15) is 11.4 Å². The Balaban J connectivity index is 1.65. The van der Waals surface area contributed by atoms with Crippen molar-refractivity contribution in [3.05, 3.63) is 40.3 Å². The van der Waals surface area contributed by atoms with Gasteiger partial charge in [-0.2, -0.15) is 0 Å². The Morgan fingerprint density at radius 3 is 2.85 bits per heavy atom. The van der Waals surface area contributed by atoms with E-state index in [1.54, 1.807) is 4.90 Å². The van der Waals surface area contributed by atoms with Crippen molar-refractivity contribution in [1.82, 2.24) is 20.1 Å². The van der Waals surface area contributed by atoms with E-state index in [4.69, 9.17) is 9.47 Å². The first-order valence-electron chi connectivity index (χ1n) is 9.22. The van der Waals surface area contributed by atoms with E-state index in [9.17, 15) is 9.59 Å². The second-order valence-electron chi connectivity index (χ2n) is 6.32. The van der Waals surface area contributed by atoms with Crippen LogP contribution in [0, 0.1) is 0 Å². The van der Waals surface area contributed by atoms with Crippen molar-refractivity contribution in [1.29, 1.82) is 0 Å². The summed E-state index contributed by atoms with van der Waals surface area (Å²) in [6, 6.07) is 7.35. The van der Waals surface area contributed by atoms with Crippen LogP contribution in [0.3, 0.4) is 0 Å². The van der Waals surface area contributed by atoms with Gasteiger partial charge in [0, 0.05) is 31.5 Å². The van der Waals surface area contributed by atoms with Crippen molar-refractivity contribution in [2.24, 2.45) is 0 Å². The Kier molecular flexibility index (Phi) is 6.54. The molecule has 0 radical (unpaired) electrons. The summed E-state index contributed by atoms with van der Waals surface area (Å²) in [5.41, 5.74) is 0.664. The molecular formula is C19H24N4O4. The Morgan fingerprint density at radius 2 is 2.11 bits per heavy atom. The molecule has 0 aliphatic carbocycles. The average Bonchev–Trinajstić information content (AvgIpc) is 2.72. The van der Waals surface area contributed by atoms with Crippen LogP contribution < -0.4 is 10.3 Å². The summed E-state index contributed by atoms with van der Waals surface area (Å²) >= 11 is 0. The minimum Gasteiger partial charge on any atom is -0.494 e. The highest BCUT2D eigenvalue weighted by Gasteiger charge is 2.17. The zero-order valence-electron chi connectivity index (χ0n) is 15.4. The van der Waals surface area contributed by atoms with E-state index < -0.39 is 0 Å². The minimum absolute atomic E-state index is 0.00403. The molecule has 1 amide bonds. The van der Waals surface area contributed by atoms with E-state index in [0.29, 0.717) is 38.7 Å². The molecule has 1 aromatic carbocycles. The van der Waals surface area contributed by atoms with Crippen molar-refractivity contribution in [2.75, 3.05) is 32.9 Å². The summed E-state index contributed by atoms with van der Waals surface area (Å²) < 4.78 is 10.8. The molecule has 0 spiro atoms. The number of amides is 1. The number of hydrogen-bond donors (Lipinski definition) is 1. The van der Waals surface area contributed by atoms with Gasteiger partial charge in [0.2, 0.25) is 5.91 Å². The summed E-state index contributed by atoms with van der Waals surface area (Å²) in [6.07, 6.45) is 1.41. The van der Waals surface area contributed by atoms with Gasteiger partial charge in [-0.25, -0.2) is 0 Å². The van der Waals surface area contributed by atoms with Crippen molar-refractivity contribution in [3.63, 3.8) is 0 Å². The van der Waals surface area contributed by atoms with Gasteiger partial charge in [0.05, 0.1) is 19.8 Å². The first-order valence-corrected chi connectivity index (χ1v) is 9.22. The third-order valence-corrected chi connectivity index (χ3v) is 4.28. The van der Waals surface area contributed by atoms with E-state index in [-0.39, 0.29) is 30.0 Å². The monoisotopic (exact) mass is 372 g/mol. The number of carbonyl (C=O) groups excluding carboxylic acids is 1. The van der Waals surface area contributed by atoms with Crippen molar-refractivity contribution >= 4 is 5.91 Å². The number of aromatic nitrogens is 3. The van der Waals surface area contributed by atoms with Crippen LogP contribution in [0.25, 0.3) is 11.4 Å². The minimum atomic E-state index is -0.324. The van der Waals surface area contributed by atoms with Crippen LogP contribution >= 0.6 is 0 Å². The van der Waals surface area contributed by atoms with Gasteiger partial charge in [-0.1, -0.05) is 19.1 Å². The zero-order chi connectivity index (χ0) is 19.1. The predicted molar refractivity (Wildman–Crippen MR) is 99.6 cm³/mol. The maximum absolute atomic E-state index is 12.3. The summed E-state index contributed by atoms with van der Waals surface area (Å²) in [4.78, 5) is 29.0. The lowest BCUT2D eigenvalue weighted by Gasteiger charge is -2.26. The zero-order valence-corrected chi connectivity index (χ0v) is 15.4. The Morgan fingerprint density at radius 1 is 1.30 bits per heavy atom. The molecule has 2 heterocycles. The third kappa shape index (κ3) is 5.13. The molecule has 0 bridgehead atoms. The molecule has 3 rings (SSSR count). The van der Waals surface area contributed by atoms with Crippen LogP contribution in [0.5, 0.6) is 5.75 Å². The lowest BCUT2D eigenvalue weighted by Crippen LogP contribution is -2.41. The molecule has 0 saturated carbocycles. The number of carbonyl (C=O) groups is 1. The molecule has 1 aliphatic heterocycles. The van der Waals surface area contributed by atoms with Gasteiger partial charge in [-0.15, -0.1) is 10.2 Å². The number of nitrogens with one attached hydrogen (secondary N) is 1. The van der Waals surface area contributed by atoms with Crippen LogP contribution in [0.1, 0.15) is 25.5 Å². The molecule has 0 atom stereocenters.